The Morgan fingerprint density at radius 2 is 2.00 bits per heavy atom. The lowest BCUT2D eigenvalue weighted by Gasteiger charge is -2.09. The van der Waals surface area contributed by atoms with E-state index < -0.39 is 0 Å². The minimum absolute atomic E-state index is 0.329. The van der Waals surface area contributed by atoms with Crippen molar-refractivity contribution in [2.45, 2.75) is 39.5 Å². The van der Waals surface area contributed by atoms with E-state index in [0.717, 1.165) is 19.5 Å². The van der Waals surface area contributed by atoms with Crippen LogP contribution in [0, 0.1) is 5.92 Å². The van der Waals surface area contributed by atoms with Crippen molar-refractivity contribution in [2.24, 2.45) is 5.92 Å². The molecule has 0 amide bonds. The molecule has 0 aromatic carbocycles. The maximum Gasteiger partial charge on any atom is 0.0433 e. The van der Waals surface area contributed by atoms with Gasteiger partial charge >= 0.3 is 0 Å². The molecular weight excluding hydrogens is 150 g/mol. The zero-order valence-corrected chi connectivity index (χ0v) is 8.47. The second-order valence-corrected chi connectivity index (χ2v) is 3.51. The molecule has 0 fully saturated rings. The fourth-order valence-corrected chi connectivity index (χ4v) is 1.14. The Kier molecular flexibility index (Phi) is 8.95. The predicted molar refractivity (Wildman–Crippen MR) is 53.3 cm³/mol. The molecule has 2 heteroatoms. The van der Waals surface area contributed by atoms with E-state index in [1.165, 1.54) is 19.3 Å². The van der Waals surface area contributed by atoms with E-state index in [-0.39, 0.29) is 0 Å². The second kappa shape index (κ2) is 9.01. The minimum Gasteiger partial charge on any atom is -0.396 e. The fourth-order valence-electron chi connectivity index (χ4n) is 1.14. The van der Waals surface area contributed by atoms with Crippen LogP contribution in [0.15, 0.2) is 0 Å². The average molecular weight is 173 g/mol. The van der Waals surface area contributed by atoms with Crippen molar-refractivity contribution in [1.82, 2.24) is 5.32 Å². The third kappa shape index (κ3) is 8.02. The lowest BCUT2D eigenvalue weighted by atomic mass is 10.1. The van der Waals surface area contributed by atoms with Crippen molar-refractivity contribution >= 4 is 0 Å². The van der Waals surface area contributed by atoms with Gasteiger partial charge in [0.05, 0.1) is 0 Å². The molecule has 0 aromatic rings. The molecule has 12 heavy (non-hydrogen) atoms. The number of nitrogens with one attached hydrogen (secondary N) is 1. The van der Waals surface area contributed by atoms with E-state index in [1.807, 2.05) is 0 Å². The fraction of sp³-hybridized carbons (Fsp3) is 1.00. The van der Waals surface area contributed by atoms with E-state index >= 15 is 0 Å². The van der Waals surface area contributed by atoms with Gasteiger partial charge in [-0.2, -0.15) is 0 Å². The van der Waals surface area contributed by atoms with Gasteiger partial charge in [0, 0.05) is 6.61 Å². The zero-order chi connectivity index (χ0) is 9.23. The summed E-state index contributed by atoms with van der Waals surface area (Å²) in [4.78, 5) is 0. The summed E-state index contributed by atoms with van der Waals surface area (Å²) in [5.41, 5.74) is 0. The van der Waals surface area contributed by atoms with Crippen LogP contribution in [-0.4, -0.2) is 24.8 Å². The van der Waals surface area contributed by atoms with E-state index in [9.17, 15) is 0 Å². The topological polar surface area (TPSA) is 32.3 Å². The molecule has 1 atom stereocenters. The normalized spacial score (nSPS) is 13.2. The molecule has 0 saturated carbocycles. The van der Waals surface area contributed by atoms with Crippen LogP contribution in [0.25, 0.3) is 0 Å². The molecule has 0 rings (SSSR count). The van der Waals surface area contributed by atoms with Crippen molar-refractivity contribution in [2.75, 3.05) is 19.7 Å². The number of aliphatic hydroxyl groups is 1. The number of hydrogen-bond donors (Lipinski definition) is 2. The molecule has 0 aromatic heterocycles. The van der Waals surface area contributed by atoms with Crippen molar-refractivity contribution < 1.29 is 5.11 Å². The first-order valence-electron chi connectivity index (χ1n) is 5.12. The van der Waals surface area contributed by atoms with Crippen LogP contribution in [0.2, 0.25) is 0 Å². The standard InChI is InChI=1S/C10H23NO/c1-3-4-7-11-8-5-10(2)6-9-12/h10-12H,3-9H2,1-2H3. The SMILES string of the molecule is CCCCNCCC(C)CCO. The Labute approximate surface area is 76.4 Å². The number of unbranched alkanes of at least 4 members (excludes halogenated alkanes) is 1. The van der Waals surface area contributed by atoms with E-state index in [0.29, 0.717) is 12.5 Å². The highest BCUT2D eigenvalue weighted by molar-refractivity contribution is 4.55. The van der Waals surface area contributed by atoms with Gasteiger partial charge < -0.3 is 10.4 Å². The average Bonchev–Trinajstić information content (AvgIpc) is 2.05. The lowest BCUT2D eigenvalue weighted by molar-refractivity contribution is 0.258. The van der Waals surface area contributed by atoms with Gasteiger partial charge in [-0.1, -0.05) is 20.3 Å². The molecule has 1 unspecified atom stereocenters. The summed E-state index contributed by atoms with van der Waals surface area (Å²) in [6.45, 7) is 6.97. The molecule has 0 saturated heterocycles. The van der Waals surface area contributed by atoms with Crippen LogP contribution in [0.5, 0.6) is 0 Å². The van der Waals surface area contributed by atoms with Gasteiger partial charge in [0.15, 0.2) is 0 Å². The zero-order valence-electron chi connectivity index (χ0n) is 8.47. The summed E-state index contributed by atoms with van der Waals surface area (Å²) >= 11 is 0. The number of aliphatic hydroxyl groups excluding tert-OH is 1. The summed E-state index contributed by atoms with van der Waals surface area (Å²) < 4.78 is 0. The summed E-state index contributed by atoms with van der Waals surface area (Å²) in [5, 5.41) is 12.1. The lowest BCUT2D eigenvalue weighted by Crippen LogP contribution is -2.18. The van der Waals surface area contributed by atoms with Crippen LogP contribution in [0.3, 0.4) is 0 Å². The highest BCUT2D eigenvalue weighted by atomic mass is 16.3. The maximum atomic E-state index is 8.66. The molecule has 2 N–H and O–H groups in total. The molecule has 2 nitrogen and oxygen atoms in total. The van der Waals surface area contributed by atoms with E-state index in [2.05, 4.69) is 19.2 Å². The first-order valence-corrected chi connectivity index (χ1v) is 5.12. The number of rotatable bonds is 8. The molecule has 0 bridgehead atoms. The van der Waals surface area contributed by atoms with Crippen LogP contribution in [-0.2, 0) is 0 Å². The van der Waals surface area contributed by atoms with Gasteiger partial charge in [-0.3, -0.25) is 0 Å². The Balaban J connectivity index is 2.97. The van der Waals surface area contributed by atoms with E-state index in [4.69, 9.17) is 5.11 Å². The largest absolute Gasteiger partial charge is 0.396 e. The van der Waals surface area contributed by atoms with Gasteiger partial charge in [-0.25, -0.2) is 0 Å². The Morgan fingerprint density at radius 1 is 1.25 bits per heavy atom. The summed E-state index contributed by atoms with van der Waals surface area (Å²) in [6, 6.07) is 0. The molecule has 0 aliphatic heterocycles. The van der Waals surface area contributed by atoms with Crippen molar-refractivity contribution in [3.05, 3.63) is 0 Å². The van der Waals surface area contributed by atoms with Crippen molar-refractivity contribution in [1.29, 1.82) is 0 Å². The smallest absolute Gasteiger partial charge is 0.0433 e. The van der Waals surface area contributed by atoms with Crippen molar-refractivity contribution in [3.63, 3.8) is 0 Å². The van der Waals surface area contributed by atoms with Gasteiger partial charge in [0.2, 0.25) is 0 Å². The Morgan fingerprint density at radius 3 is 2.58 bits per heavy atom. The summed E-state index contributed by atoms with van der Waals surface area (Å²) in [7, 11) is 0. The molecular formula is C10H23NO. The Hall–Kier alpha value is -0.0800. The van der Waals surface area contributed by atoms with Gasteiger partial charge in [0.1, 0.15) is 0 Å². The van der Waals surface area contributed by atoms with Gasteiger partial charge in [-0.05, 0) is 38.3 Å². The van der Waals surface area contributed by atoms with Crippen molar-refractivity contribution in [3.8, 4) is 0 Å². The molecule has 0 aliphatic rings. The summed E-state index contributed by atoms with van der Waals surface area (Å²) in [5.74, 6) is 0.657. The maximum absolute atomic E-state index is 8.66. The third-order valence-corrected chi connectivity index (χ3v) is 2.14. The molecule has 74 valence electrons. The highest BCUT2D eigenvalue weighted by Crippen LogP contribution is 2.04. The quantitative estimate of drug-likeness (QED) is 0.548. The monoisotopic (exact) mass is 173 g/mol. The second-order valence-electron chi connectivity index (χ2n) is 3.51. The molecule has 0 heterocycles. The molecule has 0 radical (unpaired) electrons. The first-order chi connectivity index (χ1) is 5.81. The summed E-state index contributed by atoms with van der Waals surface area (Å²) in [6.07, 6.45) is 4.66. The molecule has 0 aliphatic carbocycles. The van der Waals surface area contributed by atoms with Crippen LogP contribution in [0.4, 0.5) is 0 Å². The predicted octanol–water partition coefficient (Wildman–Crippen LogP) is 1.78. The number of hydrogen-bond acceptors (Lipinski definition) is 2. The van der Waals surface area contributed by atoms with Crippen LogP contribution >= 0.6 is 0 Å². The van der Waals surface area contributed by atoms with Crippen LogP contribution < -0.4 is 5.32 Å². The highest BCUT2D eigenvalue weighted by Gasteiger charge is 1.99. The first kappa shape index (κ1) is 11.9. The van der Waals surface area contributed by atoms with Gasteiger partial charge in [-0.15, -0.1) is 0 Å². The third-order valence-electron chi connectivity index (χ3n) is 2.14. The Bertz CT molecular complexity index is 85.9. The minimum atomic E-state index is 0.329. The van der Waals surface area contributed by atoms with Gasteiger partial charge in [0.25, 0.3) is 0 Å². The van der Waals surface area contributed by atoms with Crippen LogP contribution in [0.1, 0.15) is 39.5 Å². The van der Waals surface area contributed by atoms with E-state index in [1.54, 1.807) is 0 Å². The molecule has 0 spiro atoms.